The number of rotatable bonds is 2. The number of halogens is 2. The zero-order valence-corrected chi connectivity index (χ0v) is 13.9. The fraction of sp³-hybridized carbons (Fsp3) is 0. The number of imidazole rings is 1. The van der Waals surface area contributed by atoms with Crippen LogP contribution < -0.4 is 5.56 Å². The predicted molar refractivity (Wildman–Crippen MR) is 93.9 cm³/mol. The first-order chi connectivity index (χ1) is 11.6. The van der Waals surface area contributed by atoms with Gasteiger partial charge in [-0.25, -0.2) is 9.37 Å². The van der Waals surface area contributed by atoms with E-state index >= 15 is 0 Å². The summed E-state index contributed by atoms with van der Waals surface area (Å²) >= 11 is 3.40. The van der Waals surface area contributed by atoms with Gasteiger partial charge in [-0.05, 0) is 36.4 Å². The van der Waals surface area contributed by atoms with Crippen LogP contribution in [-0.4, -0.2) is 14.0 Å². The van der Waals surface area contributed by atoms with Crippen LogP contribution in [0.15, 0.2) is 76.4 Å². The van der Waals surface area contributed by atoms with Crippen molar-refractivity contribution in [1.29, 1.82) is 0 Å². The molecule has 0 saturated carbocycles. The van der Waals surface area contributed by atoms with E-state index in [0.717, 1.165) is 15.7 Å². The topological polar surface area (TPSA) is 39.3 Å². The molecule has 0 fully saturated rings. The lowest BCUT2D eigenvalue weighted by Gasteiger charge is -2.05. The molecule has 0 bridgehead atoms. The first-order valence-corrected chi connectivity index (χ1v) is 8.03. The quantitative estimate of drug-likeness (QED) is 0.523. The van der Waals surface area contributed by atoms with Gasteiger partial charge in [-0.3, -0.25) is 9.36 Å². The van der Waals surface area contributed by atoms with Crippen LogP contribution >= 0.6 is 15.9 Å². The molecule has 0 saturated heterocycles. The van der Waals surface area contributed by atoms with Gasteiger partial charge in [-0.2, -0.15) is 0 Å². The Morgan fingerprint density at radius 3 is 2.38 bits per heavy atom. The van der Waals surface area contributed by atoms with E-state index in [1.165, 1.54) is 16.7 Å². The zero-order chi connectivity index (χ0) is 16.7. The van der Waals surface area contributed by atoms with Crippen molar-refractivity contribution in [2.45, 2.75) is 0 Å². The summed E-state index contributed by atoms with van der Waals surface area (Å²) in [6.45, 7) is 0. The summed E-state index contributed by atoms with van der Waals surface area (Å²) in [7, 11) is 0. The van der Waals surface area contributed by atoms with Crippen molar-refractivity contribution < 1.29 is 4.39 Å². The molecule has 6 heteroatoms. The van der Waals surface area contributed by atoms with E-state index < -0.39 is 0 Å². The lowest BCUT2D eigenvalue weighted by atomic mass is 10.2. The van der Waals surface area contributed by atoms with Gasteiger partial charge in [0.25, 0.3) is 5.56 Å². The Balaban J connectivity index is 1.86. The Hall–Kier alpha value is -2.73. The summed E-state index contributed by atoms with van der Waals surface area (Å²) in [5.41, 5.74) is 2.30. The molecule has 0 N–H and O–H groups in total. The third-order valence-electron chi connectivity index (χ3n) is 3.76. The standard InChI is InChI=1S/C18H11BrFN3O/c19-13-3-1-12(2-4-13)16-11-22-9-10-23(18(24)17(22)21-16)15-7-5-14(20)6-8-15/h1-11H. The molecular formula is C18H11BrFN3O. The lowest BCUT2D eigenvalue weighted by Crippen LogP contribution is -2.19. The fourth-order valence-corrected chi connectivity index (χ4v) is 2.81. The van der Waals surface area contributed by atoms with Crippen LogP contribution in [0.4, 0.5) is 4.39 Å². The minimum Gasteiger partial charge on any atom is -0.300 e. The Labute approximate surface area is 145 Å². The molecular weight excluding hydrogens is 373 g/mol. The SMILES string of the molecule is O=c1c2nc(-c3ccc(Br)cc3)cn2ccn1-c1ccc(F)cc1. The highest BCUT2D eigenvalue weighted by molar-refractivity contribution is 9.10. The molecule has 0 aliphatic carbocycles. The predicted octanol–water partition coefficient (Wildman–Crippen LogP) is 4.05. The van der Waals surface area contributed by atoms with Gasteiger partial charge >= 0.3 is 0 Å². The highest BCUT2D eigenvalue weighted by atomic mass is 79.9. The minimum absolute atomic E-state index is 0.257. The van der Waals surface area contributed by atoms with E-state index in [-0.39, 0.29) is 11.4 Å². The van der Waals surface area contributed by atoms with E-state index in [1.54, 1.807) is 28.9 Å². The maximum Gasteiger partial charge on any atom is 0.298 e. The average Bonchev–Trinajstić information content (AvgIpc) is 3.02. The van der Waals surface area contributed by atoms with Crippen LogP contribution in [0, 0.1) is 5.82 Å². The van der Waals surface area contributed by atoms with Gasteiger partial charge in [0.15, 0.2) is 0 Å². The molecule has 0 aliphatic heterocycles. The van der Waals surface area contributed by atoms with E-state index in [2.05, 4.69) is 20.9 Å². The zero-order valence-electron chi connectivity index (χ0n) is 12.4. The first kappa shape index (κ1) is 14.8. The number of hydrogen-bond donors (Lipinski definition) is 0. The second-order valence-corrected chi connectivity index (χ2v) is 6.23. The minimum atomic E-state index is -0.341. The molecule has 0 spiro atoms. The molecule has 2 aromatic carbocycles. The maximum atomic E-state index is 13.1. The van der Waals surface area contributed by atoms with E-state index in [4.69, 9.17) is 0 Å². The summed E-state index contributed by atoms with van der Waals surface area (Å²) in [5.74, 6) is -0.341. The van der Waals surface area contributed by atoms with Gasteiger partial charge in [0.1, 0.15) is 5.82 Å². The van der Waals surface area contributed by atoms with E-state index in [1.807, 2.05) is 30.5 Å². The van der Waals surface area contributed by atoms with Crippen LogP contribution in [0.3, 0.4) is 0 Å². The normalized spacial score (nSPS) is 11.1. The number of nitrogens with zero attached hydrogens (tertiary/aromatic N) is 3. The molecule has 4 rings (SSSR count). The first-order valence-electron chi connectivity index (χ1n) is 7.24. The van der Waals surface area contributed by atoms with Crippen molar-refractivity contribution in [3.05, 3.63) is 87.8 Å². The summed E-state index contributed by atoms with van der Waals surface area (Å²) < 4.78 is 17.2. The molecule has 0 atom stereocenters. The van der Waals surface area contributed by atoms with Crippen LogP contribution in [-0.2, 0) is 0 Å². The second kappa shape index (κ2) is 5.72. The number of aromatic nitrogens is 3. The summed E-state index contributed by atoms with van der Waals surface area (Å²) in [4.78, 5) is 17.1. The Bertz CT molecular complexity index is 1080. The molecule has 24 heavy (non-hydrogen) atoms. The molecule has 4 nitrogen and oxygen atoms in total. The van der Waals surface area contributed by atoms with Gasteiger partial charge < -0.3 is 4.40 Å². The molecule has 0 unspecified atom stereocenters. The van der Waals surface area contributed by atoms with E-state index in [9.17, 15) is 9.18 Å². The van der Waals surface area contributed by atoms with Crippen molar-refractivity contribution in [2.75, 3.05) is 0 Å². The van der Waals surface area contributed by atoms with Crippen molar-refractivity contribution >= 4 is 21.6 Å². The number of hydrogen-bond acceptors (Lipinski definition) is 2. The van der Waals surface area contributed by atoms with Crippen LogP contribution in [0.2, 0.25) is 0 Å². The lowest BCUT2D eigenvalue weighted by molar-refractivity contribution is 0.627. The van der Waals surface area contributed by atoms with Crippen LogP contribution in [0.5, 0.6) is 0 Å². The Morgan fingerprint density at radius 1 is 0.958 bits per heavy atom. The average molecular weight is 384 g/mol. The highest BCUT2D eigenvalue weighted by Gasteiger charge is 2.10. The molecule has 2 aromatic heterocycles. The smallest absolute Gasteiger partial charge is 0.298 e. The number of fused-ring (bicyclic) bond motifs is 1. The molecule has 2 heterocycles. The molecule has 118 valence electrons. The van der Waals surface area contributed by atoms with Crippen molar-refractivity contribution in [3.63, 3.8) is 0 Å². The third kappa shape index (κ3) is 2.55. The van der Waals surface area contributed by atoms with Crippen LogP contribution in [0.1, 0.15) is 0 Å². The summed E-state index contributed by atoms with van der Waals surface area (Å²) in [6.07, 6.45) is 5.22. The summed E-state index contributed by atoms with van der Waals surface area (Å²) in [5, 5.41) is 0. The van der Waals surface area contributed by atoms with Gasteiger partial charge in [-0.1, -0.05) is 28.1 Å². The summed E-state index contributed by atoms with van der Waals surface area (Å²) in [6, 6.07) is 13.5. The van der Waals surface area contributed by atoms with Gasteiger partial charge in [0, 0.05) is 34.3 Å². The van der Waals surface area contributed by atoms with Gasteiger partial charge in [0.2, 0.25) is 5.65 Å². The van der Waals surface area contributed by atoms with Crippen LogP contribution in [0.25, 0.3) is 22.6 Å². The number of benzene rings is 2. The highest BCUT2D eigenvalue weighted by Crippen LogP contribution is 2.21. The van der Waals surface area contributed by atoms with E-state index in [0.29, 0.717) is 11.3 Å². The van der Waals surface area contributed by atoms with Crippen molar-refractivity contribution in [3.8, 4) is 16.9 Å². The van der Waals surface area contributed by atoms with Crippen molar-refractivity contribution in [2.24, 2.45) is 0 Å². The van der Waals surface area contributed by atoms with Gasteiger partial charge in [-0.15, -0.1) is 0 Å². The Kier molecular flexibility index (Phi) is 3.54. The molecule has 4 aromatic rings. The molecule has 0 aliphatic rings. The van der Waals surface area contributed by atoms with Crippen molar-refractivity contribution in [1.82, 2.24) is 14.0 Å². The van der Waals surface area contributed by atoms with Gasteiger partial charge in [0.05, 0.1) is 5.69 Å². The molecule has 0 radical (unpaired) electrons. The second-order valence-electron chi connectivity index (χ2n) is 5.31. The molecule has 0 amide bonds. The maximum absolute atomic E-state index is 13.1. The monoisotopic (exact) mass is 383 g/mol. The largest absolute Gasteiger partial charge is 0.300 e. The fourth-order valence-electron chi connectivity index (χ4n) is 2.54. The Morgan fingerprint density at radius 2 is 1.67 bits per heavy atom. The third-order valence-corrected chi connectivity index (χ3v) is 4.29.